The molecule has 0 aliphatic carbocycles. The van der Waals surface area contributed by atoms with Crippen molar-refractivity contribution in [3.05, 3.63) is 47.0 Å². The predicted octanol–water partition coefficient (Wildman–Crippen LogP) is 3.86. The molecule has 2 N–H and O–H groups in total. The summed E-state index contributed by atoms with van der Waals surface area (Å²) in [7, 11) is 1.80. The fourth-order valence-electron chi connectivity index (χ4n) is 3.56. The zero-order valence-corrected chi connectivity index (χ0v) is 19.7. The smallest absolute Gasteiger partial charge is 0.191 e. The normalized spacial score (nSPS) is 15.0. The minimum Gasteiger partial charge on any atom is -0.350 e. The lowest BCUT2D eigenvalue weighted by molar-refractivity contribution is 0.504. The Kier molecular flexibility index (Phi) is 8.72. The van der Waals surface area contributed by atoms with Crippen molar-refractivity contribution in [2.24, 2.45) is 10.9 Å². The van der Waals surface area contributed by atoms with Gasteiger partial charge in [0.1, 0.15) is 5.82 Å². The molecule has 154 valence electrons. The van der Waals surface area contributed by atoms with Crippen LogP contribution in [0.3, 0.4) is 0 Å². The van der Waals surface area contributed by atoms with Gasteiger partial charge >= 0.3 is 0 Å². The summed E-state index contributed by atoms with van der Waals surface area (Å²) in [6, 6.07) is 9.05. The lowest BCUT2D eigenvalue weighted by atomic mass is 10.00. The van der Waals surface area contributed by atoms with E-state index in [2.05, 4.69) is 75.4 Å². The molecule has 0 saturated carbocycles. The number of aromatic nitrogens is 3. The second kappa shape index (κ2) is 10.8. The molecule has 0 radical (unpaired) electrons. The van der Waals surface area contributed by atoms with E-state index in [0.717, 1.165) is 37.0 Å². The van der Waals surface area contributed by atoms with Crippen LogP contribution in [0.5, 0.6) is 0 Å². The summed E-state index contributed by atoms with van der Waals surface area (Å²) in [5.41, 5.74) is 2.64. The van der Waals surface area contributed by atoms with Gasteiger partial charge in [-0.2, -0.15) is 0 Å². The Balaban J connectivity index is 0.00000280. The molecule has 0 amide bonds. The van der Waals surface area contributed by atoms with E-state index in [1.807, 2.05) is 0 Å². The molecular formula is C21H33IN6. The van der Waals surface area contributed by atoms with Crippen LogP contribution in [-0.4, -0.2) is 27.8 Å². The SMILES string of the molecule is CN=C(NCc1nnc2n1CCCC2)NC(C)c1ccc(CC(C)C)cc1.I. The van der Waals surface area contributed by atoms with Crippen molar-refractivity contribution in [1.82, 2.24) is 25.4 Å². The number of aryl methyl sites for hydroxylation is 1. The van der Waals surface area contributed by atoms with Gasteiger partial charge in [-0.15, -0.1) is 34.2 Å². The Hall–Kier alpha value is -1.64. The molecule has 0 saturated heterocycles. The molecule has 7 heteroatoms. The zero-order valence-electron chi connectivity index (χ0n) is 17.4. The monoisotopic (exact) mass is 496 g/mol. The molecule has 2 aromatic rings. The Morgan fingerprint density at radius 1 is 1.14 bits per heavy atom. The molecule has 28 heavy (non-hydrogen) atoms. The number of nitrogens with zero attached hydrogens (tertiary/aromatic N) is 4. The van der Waals surface area contributed by atoms with Gasteiger partial charge in [0, 0.05) is 20.0 Å². The van der Waals surface area contributed by atoms with Crippen LogP contribution in [0.4, 0.5) is 0 Å². The van der Waals surface area contributed by atoms with E-state index in [-0.39, 0.29) is 30.0 Å². The first-order chi connectivity index (χ1) is 13.1. The van der Waals surface area contributed by atoms with Crippen LogP contribution >= 0.6 is 24.0 Å². The second-order valence-electron chi connectivity index (χ2n) is 7.77. The fourth-order valence-corrected chi connectivity index (χ4v) is 3.56. The van der Waals surface area contributed by atoms with Gasteiger partial charge in [0.05, 0.1) is 12.6 Å². The van der Waals surface area contributed by atoms with Crippen LogP contribution in [-0.2, 0) is 25.9 Å². The summed E-state index contributed by atoms with van der Waals surface area (Å²) < 4.78 is 2.24. The number of nitrogens with one attached hydrogen (secondary N) is 2. The highest BCUT2D eigenvalue weighted by Crippen LogP contribution is 2.16. The molecule has 1 aromatic carbocycles. The summed E-state index contributed by atoms with van der Waals surface area (Å²) in [5, 5.41) is 15.5. The third-order valence-corrected chi connectivity index (χ3v) is 5.05. The Morgan fingerprint density at radius 3 is 2.57 bits per heavy atom. The highest BCUT2D eigenvalue weighted by Gasteiger charge is 2.16. The highest BCUT2D eigenvalue weighted by molar-refractivity contribution is 14.0. The van der Waals surface area contributed by atoms with E-state index < -0.39 is 0 Å². The third-order valence-electron chi connectivity index (χ3n) is 5.05. The molecular weight excluding hydrogens is 463 g/mol. The van der Waals surface area contributed by atoms with Crippen molar-refractivity contribution < 1.29 is 0 Å². The van der Waals surface area contributed by atoms with E-state index in [9.17, 15) is 0 Å². The number of halogens is 1. The number of hydrogen-bond donors (Lipinski definition) is 2. The van der Waals surface area contributed by atoms with E-state index >= 15 is 0 Å². The molecule has 0 fully saturated rings. The molecule has 1 unspecified atom stereocenters. The molecule has 2 heterocycles. The minimum absolute atomic E-state index is 0. The fraction of sp³-hybridized carbons (Fsp3) is 0.571. The molecule has 0 spiro atoms. The predicted molar refractivity (Wildman–Crippen MR) is 125 cm³/mol. The van der Waals surface area contributed by atoms with Gasteiger partial charge in [0.15, 0.2) is 11.8 Å². The lowest BCUT2D eigenvalue weighted by Crippen LogP contribution is -2.38. The maximum atomic E-state index is 4.36. The van der Waals surface area contributed by atoms with Crippen molar-refractivity contribution in [2.75, 3.05) is 7.05 Å². The van der Waals surface area contributed by atoms with Gasteiger partial charge in [-0.1, -0.05) is 38.1 Å². The molecule has 6 nitrogen and oxygen atoms in total. The second-order valence-corrected chi connectivity index (χ2v) is 7.77. The molecule has 0 bridgehead atoms. The summed E-state index contributed by atoms with van der Waals surface area (Å²) in [4.78, 5) is 4.36. The zero-order chi connectivity index (χ0) is 19.2. The first-order valence-corrected chi connectivity index (χ1v) is 10.0. The molecule has 3 rings (SSSR count). The Bertz CT molecular complexity index is 766. The van der Waals surface area contributed by atoms with Gasteiger partial charge in [-0.3, -0.25) is 4.99 Å². The van der Waals surface area contributed by atoms with Crippen LogP contribution in [0.15, 0.2) is 29.3 Å². The van der Waals surface area contributed by atoms with Gasteiger partial charge in [-0.25, -0.2) is 0 Å². The number of rotatable bonds is 6. The Morgan fingerprint density at radius 2 is 1.89 bits per heavy atom. The minimum atomic E-state index is 0. The van der Waals surface area contributed by atoms with E-state index in [0.29, 0.717) is 12.5 Å². The van der Waals surface area contributed by atoms with E-state index in [1.165, 1.54) is 24.0 Å². The van der Waals surface area contributed by atoms with Crippen molar-refractivity contribution >= 4 is 29.9 Å². The molecule has 1 aliphatic heterocycles. The third kappa shape index (κ3) is 5.93. The van der Waals surface area contributed by atoms with Crippen molar-refractivity contribution in [3.8, 4) is 0 Å². The van der Waals surface area contributed by atoms with Gasteiger partial charge in [0.25, 0.3) is 0 Å². The quantitative estimate of drug-likeness (QED) is 0.362. The topological polar surface area (TPSA) is 67.1 Å². The first-order valence-electron chi connectivity index (χ1n) is 10.0. The first kappa shape index (κ1) is 22.6. The average molecular weight is 496 g/mol. The van der Waals surface area contributed by atoms with Gasteiger partial charge in [0.2, 0.25) is 0 Å². The number of benzene rings is 1. The maximum Gasteiger partial charge on any atom is 0.191 e. The van der Waals surface area contributed by atoms with Gasteiger partial charge < -0.3 is 15.2 Å². The highest BCUT2D eigenvalue weighted by atomic mass is 127. The van der Waals surface area contributed by atoms with Crippen LogP contribution in [0, 0.1) is 5.92 Å². The number of aliphatic imine (C=N–C) groups is 1. The lowest BCUT2D eigenvalue weighted by Gasteiger charge is -2.19. The van der Waals surface area contributed by atoms with Crippen molar-refractivity contribution in [2.45, 2.75) is 65.6 Å². The van der Waals surface area contributed by atoms with E-state index in [1.54, 1.807) is 7.05 Å². The standard InChI is InChI=1S/C21H32N6.HI/c1-15(2)13-17-8-10-18(11-9-17)16(3)24-21(22-4)23-14-20-26-25-19-7-5-6-12-27(19)20;/h8-11,15-16H,5-7,12-14H2,1-4H3,(H2,22,23,24);1H. The van der Waals surface area contributed by atoms with Crippen LogP contribution < -0.4 is 10.6 Å². The largest absolute Gasteiger partial charge is 0.350 e. The maximum absolute atomic E-state index is 4.36. The summed E-state index contributed by atoms with van der Waals surface area (Å²) in [5.74, 6) is 3.55. The molecule has 1 atom stereocenters. The van der Waals surface area contributed by atoms with Crippen LogP contribution in [0.25, 0.3) is 0 Å². The van der Waals surface area contributed by atoms with E-state index in [4.69, 9.17) is 0 Å². The summed E-state index contributed by atoms with van der Waals surface area (Å²) in [6.07, 6.45) is 4.56. The number of guanidine groups is 1. The molecule has 1 aromatic heterocycles. The summed E-state index contributed by atoms with van der Waals surface area (Å²) in [6.45, 7) is 8.31. The molecule has 1 aliphatic rings. The number of fused-ring (bicyclic) bond motifs is 1. The van der Waals surface area contributed by atoms with Crippen molar-refractivity contribution in [3.63, 3.8) is 0 Å². The van der Waals surface area contributed by atoms with Crippen LogP contribution in [0.1, 0.15) is 62.4 Å². The summed E-state index contributed by atoms with van der Waals surface area (Å²) >= 11 is 0. The average Bonchev–Trinajstić information content (AvgIpc) is 3.08. The Labute approximate surface area is 185 Å². The van der Waals surface area contributed by atoms with Crippen LogP contribution in [0.2, 0.25) is 0 Å². The number of hydrogen-bond acceptors (Lipinski definition) is 3. The van der Waals surface area contributed by atoms with Gasteiger partial charge in [-0.05, 0) is 43.2 Å². The van der Waals surface area contributed by atoms with Crippen molar-refractivity contribution in [1.29, 1.82) is 0 Å².